The molecule has 17 heavy (non-hydrogen) atoms. The fourth-order valence-corrected chi connectivity index (χ4v) is 1.88. The van der Waals surface area contributed by atoms with Crippen molar-refractivity contribution in [2.75, 3.05) is 0 Å². The lowest BCUT2D eigenvalue weighted by atomic mass is 9.91. The van der Waals surface area contributed by atoms with E-state index in [1.807, 2.05) is 20.8 Å². The van der Waals surface area contributed by atoms with Crippen LogP contribution >= 0.6 is 11.6 Å². The van der Waals surface area contributed by atoms with E-state index in [9.17, 15) is 9.18 Å². The number of nitrogens with one attached hydrogen (secondary N) is 1. The van der Waals surface area contributed by atoms with Gasteiger partial charge in [-0.05, 0) is 12.1 Å². The first-order chi connectivity index (χ1) is 7.79. The molecule has 0 amide bonds. The monoisotopic (exact) mass is 253 g/mol. The van der Waals surface area contributed by atoms with Crippen molar-refractivity contribution in [2.24, 2.45) is 0 Å². The fourth-order valence-electron chi connectivity index (χ4n) is 1.68. The molecular formula is C13H13ClFNO. The van der Waals surface area contributed by atoms with E-state index in [1.165, 1.54) is 18.2 Å². The largest absolute Gasteiger partial charge is 0.355 e. The van der Waals surface area contributed by atoms with Crippen molar-refractivity contribution in [3.05, 3.63) is 45.0 Å². The van der Waals surface area contributed by atoms with Gasteiger partial charge in [-0.25, -0.2) is 4.39 Å². The van der Waals surface area contributed by atoms with Crippen LogP contribution in [0.1, 0.15) is 26.5 Å². The van der Waals surface area contributed by atoms with Crippen molar-refractivity contribution >= 4 is 22.5 Å². The van der Waals surface area contributed by atoms with Gasteiger partial charge >= 0.3 is 0 Å². The van der Waals surface area contributed by atoms with Gasteiger partial charge in [-0.3, -0.25) is 4.79 Å². The molecule has 0 aliphatic carbocycles. The summed E-state index contributed by atoms with van der Waals surface area (Å²) in [5.41, 5.74) is 0.465. The molecule has 0 aliphatic rings. The summed E-state index contributed by atoms with van der Waals surface area (Å²) in [5, 5.41) is 0.506. The van der Waals surface area contributed by atoms with Crippen LogP contribution < -0.4 is 5.43 Å². The Labute approximate surface area is 103 Å². The zero-order chi connectivity index (χ0) is 12.8. The summed E-state index contributed by atoms with van der Waals surface area (Å²) in [7, 11) is 0. The summed E-state index contributed by atoms with van der Waals surface area (Å²) in [6.07, 6.45) is 0. The number of hydrogen-bond donors (Lipinski definition) is 1. The number of hydrogen-bond acceptors (Lipinski definition) is 1. The summed E-state index contributed by atoms with van der Waals surface area (Å²) < 4.78 is 13.7. The van der Waals surface area contributed by atoms with Crippen molar-refractivity contribution in [1.82, 2.24) is 4.98 Å². The van der Waals surface area contributed by atoms with Crippen molar-refractivity contribution < 1.29 is 4.39 Å². The second-order valence-electron chi connectivity index (χ2n) is 5.11. The molecule has 2 aromatic rings. The van der Waals surface area contributed by atoms with Crippen LogP contribution in [0.15, 0.2) is 23.0 Å². The number of rotatable bonds is 0. The minimum atomic E-state index is -0.504. The molecule has 0 atom stereocenters. The maximum atomic E-state index is 13.7. The van der Waals surface area contributed by atoms with Crippen LogP contribution in [0.4, 0.5) is 4.39 Å². The molecule has 0 spiro atoms. The zero-order valence-corrected chi connectivity index (χ0v) is 10.7. The molecule has 1 heterocycles. The first-order valence-electron chi connectivity index (χ1n) is 5.31. The van der Waals surface area contributed by atoms with Crippen molar-refractivity contribution in [3.63, 3.8) is 0 Å². The number of benzene rings is 1. The molecule has 0 unspecified atom stereocenters. The molecule has 1 aromatic heterocycles. The van der Waals surface area contributed by atoms with E-state index < -0.39 is 5.82 Å². The van der Waals surface area contributed by atoms with E-state index in [1.54, 1.807) is 0 Å². The average Bonchev–Trinajstić information content (AvgIpc) is 2.17. The van der Waals surface area contributed by atoms with Gasteiger partial charge in [0, 0.05) is 27.6 Å². The van der Waals surface area contributed by atoms with E-state index in [-0.39, 0.29) is 26.8 Å². The van der Waals surface area contributed by atoms with Crippen LogP contribution in [0.3, 0.4) is 0 Å². The summed E-state index contributed by atoms with van der Waals surface area (Å²) in [5.74, 6) is -0.504. The van der Waals surface area contributed by atoms with E-state index in [2.05, 4.69) is 4.98 Å². The number of H-pyrrole nitrogens is 1. The smallest absolute Gasteiger partial charge is 0.189 e. The normalized spacial score (nSPS) is 12.1. The second kappa shape index (κ2) is 3.84. The first-order valence-corrected chi connectivity index (χ1v) is 5.69. The third-order valence-corrected chi connectivity index (χ3v) is 2.88. The van der Waals surface area contributed by atoms with Gasteiger partial charge in [0.15, 0.2) is 5.43 Å². The zero-order valence-electron chi connectivity index (χ0n) is 9.90. The molecule has 4 heteroatoms. The Morgan fingerprint density at radius 2 is 1.88 bits per heavy atom. The van der Waals surface area contributed by atoms with E-state index in [0.717, 1.165) is 0 Å². The number of halogens is 2. The predicted octanol–water partition coefficient (Wildman–Crippen LogP) is 3.62. The van der Waals surface area contributed by atoms with Gasteiger partial charge < -0.3 is 4.98 Å². The van der Waals surface area contributed by atoms with Gasteiger partial charge in [-0.1, -0.05) is 32.4 Å². The maximum absolute atomic E-state index is 13.7. The summed E-state index contributed by atoms with van der Waals surface area (Å²) >= 11 is 5.73. The predicted molar refractivity (Wildman–Crippen MR) is 68.2 cm³/mol. The maximum Gasteiger partial charge on any atom is 0.189 e. The molecule has 0 radical (unpaired) electrons. The Morgan fingerprint density at radius 1 is 1.24 bits per heavy atom. The van der Waals surface area contributed by atoms with Crippen LogP contribution in [0.25, 0.3) is 10.9 Å². The molecule has 2 rings (SSSR count). The lowest BCUT2D eigenvalue weighted by Gasteiger charge is -2.19. The third-order valence-electron chi connectivity index (χ3n) is 2.66. The number of aromatic nitrogens is 1. The number of aromatic amines is 1. The molecule has 2 nitrogen and oxygen atoms in total. The second-order valence-corrected chi connectivity index (χ2v) is 5.54. The minimum Gasteiger partial charge on any atom is -0.355 e. The molecule has 90 valence electrons. The van der Waals surface area contributed by atoms with Gasteiger partial charge in [0.2, 0.25) is 0 Å². The summed E-state index contributed by atoms with van der Waals surface area (Å²) in [4.78, 5) is 14.9. The highest BCUT2D eigenvalue weighted by Crippen LogP contribution is 2.24. The van der Waals surface area contributed by atoms with Gasteiger partial charge in [-0.2, -0.15) is 0 Å². The standard InChI is InChI=1S/C13H13ClFNO/c1-13(2,3)11-6-10(17)8-4-7(14)5-9(15)12(8)16-11/h4-6H,1-3H3,(H,16,17). The topological polar surface area (TPSA) is 32.9 Å². The Balaban J connectivity index is 2.88. The van der Waals surface area contributed by atoms with E-state index in [4.69, 9.17) is 11.6 Å². The highest BCUT2D eigenvalue weighted by molar-refractivity contribution is 6.31. The molecule has 1 N–H and O–H groups in total. The fraction of sp³-hybridized carbons (Fsp3) is 0.308. The molecule has 1 aromatic carbocycles. The third kappa shape index (κ3) is 2.20. The Morgan fingerprint density at radius 3 is 2.47 bits per heavy atom. The summed E-state index contributed by atoms with van der Waals surface area (Å²) in [6, 6.07) is 4.18. The first kappa shape index (κ1) is 12.1. The van der Waals surface area contributed by atoms with Crippen molar-refractivity contribution in [3.8, 4) is 0 Å². The van der Waals surface area contributed by atoms with Crippen LogP contribution in [0.2, 0.25) is 5.02 Å². The minimum absolute atomic E-state index is 0.215. The lowest BCUT2D eigenvalue weighted by molar-refractivity contribution is 0.568. The molecule has 0 aliphatic heterocycles. The molecule has 0 fully saturated rings. The molecule has 0 bridgehead atoms. The van der Waals surface area contributed by atoms with Gasteiger partial charge in [0.1, 0.15) is 5.82 Å². The quantitative estimate of drug-likeness (QED) is 0.764. The number of pyridine rings is 1. The van der Waals surface area contributed by atoms with E-state index >= 15 is 0 Å². The Kier molecular flexibility index (Phi) is 2.74. The lowest BCUT2D eigenvalue weighted by Crippen LogP contribution is -2.18. The molecule has 0 saturated heterocycles. The average molecular weight is 254 g/mol. The van der Waals surface area contributed by atoms with Crippen LogP contribution in [-0.4, -0.2) is 4.98 Å². The van der Waals surface area contributed by atoms with Gasteiger partial charge in [0.25, 0.3) is 0 Å². The van der Waals surface area contributed by atoms with Crippen LogP contribution in [0.5, 0.6) is 0 Å². The summed E-state index contributed by atoms with van der Waals surface area (Å²) in [6.45, 7) is 5.87. The van der Waals surface area contributed by atoms with Crippen molar-refractivity contribution in [1.29, 1.82) is 0 Å². The highest BCUT2D eigenvalue weighted by Gasteiger charge is 2.17. The van der Waals surface area contributed by atoms with Gasteiger partial charge in [-0.15, -0.1) is 0 Å². The Bertz CT molecular complexity index is 640. The molecular weight excluding hydrogens is 241 g/mol. The van der Waals surface area contributed by atoms with E-state index in [0.29, 0.717) is 5.69 Å². The SMILES string of the molecule is CC(C)(C)c1cc(=O)c2cc(Cl)cc(F)c2[nH]1. The highest BCUT2D eigenvalue weighted by atomic mass is 35.5. The Hall–Kier alpha value is -1.35. The molecule has 0 saturated carbocycles. The van der Waals surface area contributed by atoms with Gasteiger partial charge in [0.05, 0.1) is 5.52 Å². The van der Waals surface area contributed by atoms with Crippen LogP contribution in [0, 0.1) is 5.82 Å². The number of fused-ring (bicyclic) bond motifs is 1. The van der Waals surface area contributed by atoms with Crippen LogP contribution in [-0.2, 0) is 5.41 Å². The van der Waals surface area contributed by atoms with Crippen molar-refractivity contribution in [2.45, 2.75) is 26.2 Å².